The molecule has 1 aliphatic heterocycles. The van der Waals surface area contributed by atoms with Gasteiger partial charge in [0.05, 0.1) is 30.1 Å². The van der Waals surface area contributed by atoms with E-state index in [-0.39, 0.29) is 12.5 Å². The molecule has 0 fully saturated rings. The first-order valence-electron chi connectivity index (χ1n) is 10.3. The van der Waals surface area contributed by atoms with Crippen molar-refractivity contribution >= 4 is 23.6 Å². The van der Waals surface area contributed by atoms with Gasteiger partial charge < -0.3 is 10.1 Å². The maximum absolute atomic E-state index is 13.1. The van der Waals surface area contributed by atoms with E-state index in [1.807, 2.05) is 39.0 Å². The van der Waals surface area contributed by atoms with Crippen molar-refractivity contribution in [3.63, 3.8) is 0 Å². The van der Waals surface area contributed by atoms with Gasteiger partial charge in [-0.05, 0) is 55.2 Å². The SMILES string of the molecule is CCCNc1nc(Oc2c(C)cc(/C=C/C#N)cc2C)c2c(n1)C(=O)N(c1cn[nH]c1)C2. The molecule has 1 amide bonds. The highest BCUT2D eigenvalue weighted by Gasteiger charge is 2.35. The number of benzene rings is 1. The summed E-state index contributed by atoms with van der Waals surface area (Å²) in [5.41, 5.74) is 4.31. The number of nitriles is 1. The van der Waals surface area contributed by atoms with Gasteiger partial charge in [-0.1, -0.05) is 6.92 Å². The van der Waals surface area contributed by atoms with E-state index in [0.29, 0.717) is 41.1 Å². The Hall–Kier alpha value is -4.19. The molecule has 3 aromatic rings. The normalized spacial score (nSPS) is 12.8. The van der Waals surface area contributed by atoms with Crippen LogP contribution in [0.2, 0.25) is 0 Å². The molecule has 3 heterocycles. The first-order valence-corrected chi connectivity index (χ1v) is 10.3. The van der Waals surface area contributed by atoms with Crippen molar-refractivity contribution in [2.75, 3.05) is 16.8 Å². The second kappa shape index (κ2) is 8.89. The van der Waals surface area contributed by atoms with Crippen LogP contribution in [0.25, 0.3) is 6.08 Å². The van der Waals surface area contributed by atoms with Crippen molar-refractivity contribution in [3.05, 3.63) is 58.6 Å². The summed E-state index contributed by atoms with van der Waals surface area (Å²) in [6, 6.07) is 5.88. The number of carbonyl (C=O) groups excluding carboxylic acids is 1. The molecule has 2 N–H and O–H groups in total. The fourth-order valence-corrected chi connectivity index (χ4v) is 3.61. The van der Waals surface area contributed by atoms with Gasteiger partial charge in [-0.3, -0.25) is 14.8 Å². The fourth-order valence-electron chi connectivity index (χ4n) is 3.61. The molecule has 0 aliphatic carbocycles. The second-order valence-electron chi connectivity index (χ2n) is 7.50. The number of nitrogens with zero attached hydrogens (tertiary/aromatic N) is 5. The lowest BCUT2D eigenvalue weighted by Crippen LogP contribution is -2.23. The van der Waals surface area contributed by atoms with Crippen LogP contribution in [0.5, 0.6) is 11.6 Å². The Morgan fingerprint density at radius 1 is 1.31 bits per heavy atom. The molecule has 1 aromatic carbocycles. The molecule has 4 rings (SSSR count). The van der Waals surface area contributed by atoms with Crippen LogP contribution in [-0.4, -0.2) is 32.6 Å². The highest BCUT2D eigenvalue weighted by molar-refractivity contribution is 6.09. The third-order valence-corrected chi connectivity index (χ3v) is 5.09. The predicted molar refractivity (Wildman–Crippen MR) is 121 cm³/mol. The van der Waals surface area contributed by atoms with Crippen LogP contribution in [0.1, 0.15) is 46.1 Å². The number of nitrogens with one attached hydrogen (secondary N) is 2. The van der Waals surface area contributed by atoms with Gasteiger partial charge in [0, 0.05) is 18.8 Å². The number of anilines is 2. The maximum atomic E-state index is 13.1. The molecule has 0 bridgehead atoms. The Labute approximate surface area is 185 Å². The number of amides is 1. The van der Waals surface area contributed by atoms with Crippen molar-refractivity contribution in [1.29, 1.82) is 5.26 Å². The molecule has 0 radical (unpaired) electrons. The van der Waals surface area contributed by atoms with Gasteiger partial charge in [0.2, 0.25) is 11.8 Å². The van der Waals surface area contributed by atoms with Crippen LogP contribution in [0.4, 0.5) is 11.6 Å². The van der Waals surface area contributed by atoms with Gasteiger partial charge in [0.15, 0.2) is 0 Å². The standard InChI is InChI=1S/C23H23N7O2/c1-4-8-25-23-28-19-18(13-30(22(19)31)17-11-26-27-12-17)21(29-23)32-20-14(2)9-16(6-5-7-24)10-15(20)3/h5-6,9-12H,4,8,13H2,1-3H3,(H,26,27)(H,25,28,29)/b6-5+. The summed E-state index contributed by atoms with van der Waals surface area (Å²) < 4.78 is 6.29. The number of hydrogen-bond donors (Lipinski definition) is 2. The van der Waals surface area contributed by atoms with Crippen LogP contribution < -0.4 is 15.0 Å². The van der Waals surface area contributed by atoms with Gasteiger partial charge in [0.1, 0.15) is 11.4 Å². The molecule has 32 heavy (non-hydrogen) atoms. The topological polar surface area (TPSA) is 120 Å². The Balaban J connectivity index is 1.74. The van der Waals surface area contributed by atoms with Crippen LogP contribution in [0, 0.1) is 25.2 Å². The Kier molecular flexibility index (Phi) is 5.85. The number of carbonyl (C=O) groups is 1. The molecule has 9 heteroatoms. The van der Waals surface area contributed by atoms with Crippen LogP contribution in [-0.2, 0) is 6.54 Å². The fraction of sp³-hybridized carbons (Fsp3) is 0.261. The molecule has 0 saturated carbocycles. The van der Waals surface area contributed by atoms with Crippen LogP contribution in [0.3, 0.4) is 0 Å². The summed E-state index contributed by atoms with van der Waals surface area (Å²) in [5, 5.41) is 18.6. The average molecular weight is 429 g/mol. The Bertz CT molecular complexity index is 1200. The molecular weight excluding hydrogens is 406 g/mol. The summed E-state index contributed by atoms with van der Waals surface area (Å²) in [7, 11) is 0. The first-order chi connectivity index (χ1) is 15.5. The smallest absolute Gasteiger partial charge is 0.277 e. The molecular formula is C23H23N7O2. The van der Waals surface area contributed by atoms with E-state index in [1.54, 1.807) is 23.4 Å². The van der Waals surface area contributed by atoms with E-state index in [0.717, 1.165) is 23.1 Å². The van der Waals surface area contributed by atoms with Crippen molar-refractivity contribution in [1.82, 2.24) is 20.2 Å². The molecule has 162 valence electrons. The number of ether oxygens (including phenoxy) is 1. The number of rotatable bonds is 7. The zero-order valence-corrected chi connectivity index (χ0v) is 18.1. The quantitative estimate of drug-likeness (QED) is 0.542. The summed E-state index contributed by atoms with van der Waals surface area (Å²) in [5.74, 6) is 1.14. The molecule has 0 saturated heterocycles. The largest absolute Gasteiger partial charge is 0.438 e. The van der Waals surface area contributed by atoms with Crippen molar-refractivity contribution in [3.8, 4) is 17.7 Å². The number of aromatic amines is 1. The van der Waals surface area contributed by atoms with E-state index in [9.17, 15) is 4.79 Å². The van der Waals surface area contributed by atoms with Crippen LogP contribution >= 0.6 is 0 Å². The number of aromatic nitrogens is 4. The predicted octanol–water partition coefficient (Wildman–Crippen LogP) is 4.13. The van der Waals surface area contributed by atoms with Gasteiger partial charge in [0.25, 0.3) is 5.91 Å². The number of hydrogen-bond acceptors (Lipinski definition) is 7. The van der Waals surface area contributed by atoms with E-state index in [2.05, 4.69) is 25.5 Å². The highest BCUT2D eigenvalue weighted by Crippen LogP contribution is 2.37. The minimum absolute atomic E-state index is 0.223. The highest BCUT2D eigenvalue weighted by atomic mass is 16.5. The molecule has 1 aliphatic rings. The summed E-state index contributed by atoms with van der Waals surface area (Å²) >= 11 is 0. The third-order valence-electron chi connectivity index (χ3n) is 5.09. The van der Waals surface area contributed by atoms with E-state index < -0.39 is 0 Å². The molecule has 0 unspecified atom stereocenters. The van der Waals surface area contributed by atoms with Gasteiger partial charge in [-0.25, -0.2) is 4.98 Å². The van der Waals surface area contributed by atoms with E-state index in [4.69, 9.17) is 10.00 Å². The Morgan fingerprint density at radius 3 is 2.75 bits per heavy atom. The molecule has 0 spiro atoms. The summed E-state index contributed by atoms with van der Waals surface area (Å²) in [4.78, 5) is 23.7. The lowest BCUT2D eigenvalue weighted by Gasteiger charge is -2.15. The molecule has 9 nitrogen and oxygen atoms in total. The Morgan fingerprint density at radius 2 is 2.09 bits per heavy atom. The molecule has 2 aromatic heterocycles. The lowest BCUT2D eigenvalue weighted by molar-refractivity contribution is 0.0992. The third kappa shape index (κ3) is 4.03. The number of aryl methyl sites for hydroxylation is 2. The zero-order chi connectivity index (χ0) is 22.7. The second-order valence-corrected chi connectivity index (χ2v) is 7.50. The van der Waals surface area contributed by atoms with E-state index in [1.165, 1.54) is 6.08 Å². The lowest BCUT2D eigenvalue weighted by atomic mass is 10.1. The average Bonchev–Trinajstić information content (AvgIpc) is 3.42. The first kappa shape index (κ1) is 21.1. The van der Waals surface area contributed by atoms with Crippen molar-refractivity contribution < 1.29 is 9.53 Å². The van der Waals surface area contributed by atoms with Crippen molar-refractivity contribution in [2.45, 2.75) is 33.7 Å². The minimum Gasteiger partial charge on any atom is -0.438 e. The maximum Gasteiger partial charge on any atom is 0.277 e. The van der Waals surface area contributed by atoms with Crippen molar-refractivity contribution in [2.24, 2.45) is 0 Å². The number of fused-ring (bicyclic) bond motifs is 1. The summed E-state index contributed by atoms with van der Waals surface area (Å²) in [6.07, 6.45) is 7.33. The number of allylic oxidation sites excluding steroid dienone is 1. The zero-order valence-electron chi connectivity index (χ0n) is 18.1. The van der Waals surface area contributed by atoms with E-state index >= 15 is 0 Å². The minimum atomic E-state index is -0.223. The van der Waals surface area contributed by atoms with Gasteiger partial charge in [-0.15, -0.1) is 0 Å². The van der Waals surface area contributed by atoms with Crippen LogP contribution in [0.15, 0.2) is 30.6 Å². The van der Waals surface area contributed by atoms with Gasteiger partial charge >= 0.3 is 0 Å². The number of H-pyrrole nitrogens is 1. The molecule has 0 atom stereocenters. The summed E-state index contributed by atoms with van der Waals surface area (Å²) in [6.45, 7) is 6.88. The monoisotopic (exact) mass is 429 g/mol. The van der Waals surface area contributed by atoms with Gasteiger partial charge in [-0.2, -0.15) is 15.3 Å².